The van der Waals surface area contributed by atoms with Gasteiger partial charge in [0.05, 0.1) is 12.2 Å². The molecule has 2 aliphatic rings. The van der Waals surface area contributed by atoms with Crippen molar-refractivity contribution in [2.75, 3.05) is 6.61 Å². The second-order valence-corrected chi connectivity index (χ2v) is 10.2. The molecule has 4 heteroatoms. The normalized spacial score (nSPS) is 18.1. The van der Waals surface area contributed by atoms with Gasteiger partial charge in [-0.15, -0.1) is 0 Å². The monoisotopic (exact) mass is 422 g/mol. The van der Waals surface area contributed by atoms with E-state index < -0.39 is 17.2 Å². The molecule has 1 N–H and O–H groups in total. The second-order valence-electron chi connectivity index (χ2n) is 10.2. The Morgan fingerprint density at radius 3 is 2.42 bits per heavy atom. The van der Waals surface area contributed by atoms with Gasteiger partial charge in [-0.25, -0.2) is 4.79 Å². The van der Waals surface area contributed by atoms with E-state index in [4.69, 9.17) is 9.47 Å². The summed E-state index contributed by atoms with van der Waals surface area (Å²) in [7, 11) is 0. The molecule has 1 aliphatic heterocycles. The first-order chi connectivity index (χ1) is 14.5. The molecule has 0 saturated heterocycles. The van der Waals surface area contributed by atoms with Crippen LogP contribution in [0.5, 0.6) is 5.75 Å². The Labute approximate surface area is 185 Å². The SMILES string of the molecule is Cc1ccc(C2CC2)c(-c2ccc3c(c2C)CCCO3)c1C(C)(OC(C)(C)C)C(=O)O. The first kappa shape index (κ1) is 21.9. The first-order valence-corrected chi connectivity index (χ1v) is 11.4. The molecular formula is C27H34O4. The number of carboxylic acid groups (broad SMARTS) is 1. The molecule has 1 atom stereocenters. The average molecular weight is 423 g/mol. The van der Waals surface area contributed by atoms with E-state index >= 15 is 0 Å². The van der Waals surface area contributed by atoms with E-state index in [1.165, 1.54) is 16.7 Å². The maximum absolute atomic E-state index is 12.7. The lowest BCUT2D eigenvalue weighted by Gasteiger charge is -2.37. The predicted octanol–water partition coefficient (Wildman–Crippen LogP) is 6.29. The topological polar surface area (TPSA) is 55.8 Å². The summed E-state index contributed by atoms with van der Waals surface area (Å²) in [5.41, 5.74) is 5.48. The van der Waals surface area contributed by atoms with Gasteiger partial charge in [-0.05, 0) is 113 Å². The number of carbonyl (C=O) groups is 1. The highest BCUT2D eigenvalue weighted by atomic mass is 16.5. The molecule has 1 saturated carbocycles. The lowest BCUT2D eigenvalue weighted by Crippen LogP contribution is -2.43. The van der Waals surface area contributed by atoms with Gasteiger partial charge >= 0.3 is 5.97 Å². The number of ether oxygens (including phenoxy) is 2. The minimum Gasteiger partial charge on any atom is -0.493 e. The van der Waals surface area contributed by atoms with Gasteiger partial charge in [0.25, 0.3) is 0 Å². The summed E-state index contributed by atoms with van der Waals surface area (Å²) >= 11 is 0. The van der Waals surface area contributed by atoms with Crippen LogP contribution in [0.2, 0.25) is 0 Å². The number of aryl methyl sites for hydroxylation is 1. The number of hydrogen-bond acceptors (Lipinski definition) is 3. The molecule has 1 fully saturated rings. The van der Waals surface area contributed by atoms with Crippen molar-refractivity contribution < 1.29 is 19.4 Å². The number of rotatable bonds is 5. The number of carboxylic acids is 1. The van der Waals surface area contributed by atoms with Gasteiger partial charge < -0.3 is 14.6 Å². The van der Waals surface area contributed by atoms with Crippen LogP contribution >= 0.6 is 0 Å². The predicted molar refractivity (Wildman–Crippen MR) is 123 cm³/mol. The Morgan fingerprint density at radius 1 is 1.10 bits per heavy atom. The lowest BCUT2D eigenvalue weighted by molar-refractivity contribution is -0.183. The van der Waals surface area contributed by atoms with E-state index in [1.54, 1.807) is 6.92 Å². The lowest BCUT2D eigenvalue weighted by atomic mass is 9.79. The first-order valence-electron chi connectivity index (χ1n) is 11.4. The summed E-state index contributed by atoms with van der Waals surface area (Å²) in [5.74, 6) is 0.481. The molecule has 2 aromatic rings. The van der Waals surface area contributed by atoms with Gasteiger partial charge in [0, 0.05) is 5.56 Å². The standard InChI is InChI=1S/C27H34O4/c1-16-9-12-21(18-10-11-18)23(24(16)27(6,25(28)29)31-26(3,4)5)20-13-14-22-19(17(20)2)8-7-15-30-22/h9,12-14,18H,7-8,10-11,15H2,1-6H3,(H,28,29). The number of hydrogen-bond donors (Lipinski definition) is 1. The van der Waals surface area contributed by atoms with Crippen molar-refractivity contribution in [3.63, 3.8) is 0 Å². The average Bonchev–Trinajstić information content (AvgIpc) is 3.52. The molecule has 4 rings (SSSR count). The van der Waals surface area contributed by atoms with Crippen LogP contribution in [0.3, 0.4) is 0 Å². The summed E-state index contributed by atoms with van der Waals surface area (Å²) in [4.78, 5) is 12.7. The molecule has 0 radical (unpaired) electrons. The molecule has 0 aromatic heterocycles. The van der Waals surface area contributed by atoms with Crippen LogP contribution in [-0.2, 0) is 21.6 Å². The minimum atomic E-state index is -1.46. The summed E-state index contributed by atoms with van der Waals surface area (Å²) < 4.78 is 12.2. The molecule has 1 aliphatic carbocycles. The summed E-state index contributed by atoms with van der Waals surface area (Å²) in [5, 5.41) is 10.4. The fourth-order valence-electron chi connectivity index (χ4n) is 5.06. The second kappa shape index (κ2) is 7.67. The Morgan fingerprint density at radius 2 is 1.81 bits per heavy atom. The zero-order valence-electron chi connectivity index (χ0n) is 19.6. The van der Waals surface area contributed by atoms with E-state index in [-0.39, 0.29) is 0 Å². The summed E-state index contributed by atoms with van der Waals surface area (Å²) in [6, 6.07) is 8.43. The van der Waals surface area contributed by atoms with E-state index in [2.05, 4.69) is 31.2 Å². The van der Waals surface area contributed by atoms with Crippen molar-refractivity contribution >= 4 is 5.97 Å². The highest BCUT2D eigenvalue weighted by molar-refractivity contribution is 5.87. The van der Waals surface area contributed by atoms with Gasteiger partial charge in [-0.3, -0.25) is 0 Å². The van der Waals surface area contributed by atoms with E-state index in [0.717, 1.165) is 60.3 Å². The van der Waals surface area contributed by atoms with Crippen molar-refractivity contribution in [2.24, 2.45) is 0 Å². The maximum Gasteiger partial charge on any atom is 0.340 e. The smallest absolute Gasteiger partial charge is 0.340 e. The molecule has 0 spiro atoms. The molecular weight excluding hydrogens is 388 g/mol. The van der Waals surface area contributed by atoms with E-state index in [1.807, 2.05) is 27.7 Å². The third kappa shape index (κ3) is 3.98. The molecule has 1 unspecified atom stereocenters. The maximum atomic E-state index is 12.7. The van der Waals surface area contributed by atoms with Gasteiger partial charge in [0.2, 0.25) is 0 Å². The van der Waals surface area contributed by atoms with Crippen molar-refractivity contribution in [3.8, 4) is 16.9 Å². The van der Waals surface area contributed by atoms with E-state index in [9.17, 15) is 9.90 Å². The Kier molecular flexibility index (Phi) is 5.41. The van der Waals surface area contributed by atoms with Crippen LogP contribution in [0.1, 0.15) is 80.7 Å². The summed E-state index contributed by atoms with van der Waals surface area (Å²) in [6.45, 7) is 12.3. The molecule has 166 valence electrons. The van der Waals surface area contributed by atoms with Crippen molar-refractivity contribution in [1.29, 1.82) is 0 Å². The zero-order valence-corrected chi connectivity index (χ0v) is 19.6. The molecule has 0 bridgehead atoms. The van der Waals surface area contributed by atoms with Gasteiger partial charge in [0.1, 0.15) is 5.75 Å². The quantitative estimate of drug-likeness (QED) is 0.615. The minimum absolute atomic E-state index is 0.480. The Balaban J connectivity index is 2.03. The van der Waals surface area contributed by atoms with Crippen molar-refractivity contribution in [3.05, 3.63) is 52.1 Å². The molecule has 31 heavy (non-hydrogen) atoms. The largest absolute Gasteiger partial charge is 0.493 e. The number of fused-ring (bicyclic) bond motifs is 1. The number of aliphatic carboxylic acids is 1. The molecule has 1 heterocycles. The van der Waals surface area contributed by atoms with Crippen molar-refractivity contribution in [1.82, 2.24) is 0 Å². The third-order valence-corrected chi connectivity index (χ3v) is 6.51. The molecule has 4 nitrogen and oxygen atoms in total. The van der Waals surface area contributed by atoms with Gasteiger partial charge in [0.15, 0.2) is 5.60 Å². The van der Waals surface area contributed by atoms with Crippen LogP contribution in [-0.4, -0.2) is 23.3 Å². The van der Waals surface area contributed by atoms with E-state index in [0.29, 0.717) is 5.92 Å². The highest BCUT2D eigenvalue weighted by Gasteiger charge is 2.44. The van der Waals surface area contributed by atoms with Crippen LogP contribution in [0, 0.1) is 13.8 Å². The van der Waals surface area contributed by atoms with Crippen LogP contribution in [0.4, 0.5) is 0 Å². The zero-order chi connectivity index (χ0) is 22.6. The van der Waals surface area contributed by atoms with Gasteiger partial charge in [-0.1, -0.05) is 18.2 Å². The third-order valence-electron chi connectivity index (χ3n) is 6.51. The fourth-order valence-corrected chi connectivity index (χ4v) is 5.06. The molecule has 2 aromatic carbocycles. The van der Waals surface area contributed by atoms with Crippen molar-refractivity contribution in [2.45, 2.75) is 84.3 Å². The summed E-state index contributed by atoms with van der Waals surface area (Å²) in [6.07, 6.45) is 4.29. The van der Waals surface area contributed by atoms with Crippen LogP contribution < -0.4 is 4.74 Å². The molecule has 0 amide bonds. The highest BCUT2D eigenvalue weighted by Crippen LogP contribution is 2.50. The van der Waals surface area contributed by atoms with Crippen LogP contribution in [0.25, 0.3) is 11.1 Å². The Bertz CT molecular complexity index is 1030. The van der Waals surface area contributed by atoms with Crippen LogP contribution in [0.15, 0.2) is 24.3 Å². The van der Waals surface area contributed by atoms with Gasteiger partial charge in [-0.2, -0.15) is 0 Å². The Hall–Kier alpha value is -2.33. The fraction of sp³-hybridized carbons (Fsp3) is 0.519. The number of benzene rings is 2.